The molecule has 0 aliphatic rings. The molecule has 2 rings (SSSR count). The first-order valence-electron chi connectivity index (χ1n) is 10.1. The maximum atomic E-state index is 13.4. The summed E-state index contributed by atoms with van der Waals surface area (Å²) in [6, 6.07) is 3.70. The molecule has 6 nitrogen and oxygen atoms in total. The minimum atomic E-state index is -6.64. The molecule has 0 atom stereocenters. The van der Waals surface area contributed by atoms with Crippen LogP contribution >= 0.6 is 0 Å². The number of carbonyl (C=O) groups is 2. The second-order valence-corrected chi connectivity index (χ2v) is 7.78. The first kappa shape index (κ1) is 32.5. The van der Waals surface area contributed by atoms with Crippen LogP contribution in [0.5, 0.6) is 0 Å². The average Bonchev–Trinajstić information content (AvgIpc) is 2.84. The summed E-state index contributed by atoms with van der Waals surface area (Å²) in [5, 5.41) is 2.32. The smallest absolute Gasteiger partial charge is 0.344 e. The third-order valence-corrected chi connectivity index (χ3v) is 4.89. The lowest BCUT2D eigenvalue weighted by atomic mass is 10.1. The summed E-state index contributed by atoms with van der Waals surface area (Å²) >= 11 is 0. The zero-order valence-corrected chi connectivity index (χ0v) is 18.9. The average molecular weight is 606 g/mol. The fourth-order valence-corrected chi connectivity index (χ4v) is 2.67. The van der Waals surface area contributed by atoms with E-state index in [1.807, 2.05) is 0 Å². The zero-order chi connectivity index (χ0) is 30.9. The van der Waals surface area contributed by atoms with Crippen molar-refractivity contribution in [3.63, 3.8) is 0 Å². The Kier molecular flexibility index (Phi) is 8.67. The summed E-state index contributed by atoms with van der Waals surface area (Å²) in [7, 11) is 0. The van der Waals surface area contributed by atoms with Gasteiger partial charge in [0.25, 0.3) is 11.8 Å². The van der Waals surface area contributed by atoms with E-state index in [9.17, 15) is 71.1 Å². The Labute approximate surface area is 212 Å². The number of halogens is 14. The van der Waals surface area contributed by atoms with Crippen LogP contribution in [0, 0.1) is 0 Å². The highest BCUT2D eigenvalue weighted by Crippen LogP contribution is 2.47. The molecule has 2 aromatic heterocycles. The molecule has 0 spiro atoms. The second-order valence-electron chi connectivity index (χ2n) is 7.78. The van der Waals surface area contributed by atoms with Crippen LogP contribution in [0.3, 0.4) is 0 Å². The molecule has 0 radical (unpaired) electrons. The van der Waals surface area contributed by atoms with Gasteiger partial charge in [0.1, 0.15) is 11.4 Å². The fourth-order valence-electron chi connectivity index (χ4n) is 2.67. The van der Waals surface area contributed by atoms with Crippen molar-refractivity contribution >= 4 is 11.8 Å². The predicted octanol–water partition coefficient (Wildman–Crippen LogP) is 5.27. The van der Waals surface area contributed by atoms with Crippen molar-refractivity contribution in [1.82, 2.24) is 20.6 Å². The van der Waals surface area contributed by atoms with Crippen molar-refractivity contribution in [3.8, 4) is 11.1 Å². The first-order chi connectivity index (χ1) is 17.9. The Hall–Kier alpha value is -3.74. The van der Waals surface area contributed by atoms with E-state index in [2.05, 4.69) is 9.97 Å². The van der Waals surface area contributed by atoms with E-state index in [0.29, 0.717) is 0 Å². The molecule has 0 aliphatic heterocycles. The van der Waals surface area contributed by atoms with Gasteiger partial charge in [-0.15, -0.1) is 0 Å². The number of rotatable bonds is 9. The Morgan fingerprint density at radius 3 is 1.15 bits per heavy atom. The molecular formula is C20H12F14N4O2. The largest absolute Gasteiger partial charge is 0.459 e. The molecule has 40 heavy (non-hydrogen) atoms. The minimum absolute atomic E-state index is 0.127. The van der Waals surface area contributed by atoms with Crippen molar-refractivity contribution < 1.29 is 71.1 Å². The highest BCUT2D eigenvalue weighted by molar-refractivity contribution is 5.95. The van der Waals surface area contributed by atoms with Crippen molar-refractivity contribution in [2.45, 2.75) is 36.0 Å². The Balaban J connectivity index is 2.19. The molecule has 222 valence electrons. The molecule has 0 fully saturated rings. The quantitative estimate of drug-likeness (QED) is 0.382. The normalized spacial score (nSPS) is 13.7. The summed E-state index contributed by atoms with van der Waals surface area (Å²) in [5.41, 5.74) is -1.86. The summed E-state index contributed by atoms with van der Waals surface area (Å²) < 4.78 is 179. The number of hydrogen-bond acceptors (Lipinski definition) is 4. The number of alkyl halides is 14. The van der Waals surface area contributed by atoms with E-state index in [1.54, 1.807) is 0 Å². The van der Waals surface area contributed by atoms with E-state index in [-0.39, 0.29) is 11.1 Å². The molecule has 2 aromatic rings. The molecule has 0 unspecified atom stereocenters. The van der Waals surface area contributed by atoms with Gasteiger partial charge in [-0.05, 0) is 35.4 Å². The monoisotopic (exact) mass is 606 g/mol. The van der Waals surface area contributed by atoms with Crippen molar-refractivity contribution in [2.75, 3.05) is 13.1 Å². The number of carbonyl (C=O) groups excluding carboxylic acids is 2. The molecule has 0 aromatic carbocycles. The van der Waals surface area contributed by atoms with Crippen LogP contribution in [-0.2, 0) is 0 Å². The van der Waals surface area contributed by atoms with Gasteiger partial charge in [-0.3, -0.25) is 19.6 Å². The molecule has 0 bridgehead atoms. The maximum Gasteiger partial charge on any atom is 0.459 e. The number of amides is 2. The van der Waals surface area contributed by atoms with Crippen LogP contribution in [0.25, 0.3) is 11.1 Å². The molecule has 2 amide bonds. The van der Waals surface area contributed by atoms with Gasteiger partial charge in [0.2, 0.25) is 0 Å². The first-order valence-corrected chi connectivity index (χ1v) is 10.1. The number of pyridine rings is 2. The van der Waals surface area contributed by atoms with E-state index in [4.69, 9.17) is 0 Å². The lowest BCUT2D eigenvalue weighted by Crippen LogP contribution is -2.56. The molecule has 0 saturated heterocycles. The third-order valence-electron chi connectivity index (χ3n) is 4.89. The topological polar surface area (TPSA) is 84.0 Å². The molecular weight excluding hydrogens is 594 g/mol. The van der Waals surface area contributed by atoms with Gasteiger partial charge in [-0.2, -0.15) is 61.5 Å². The van der Waals surface area contributed by atoms with Gasteiger partial charge >= 0.3 is 36.0 Å². The van der Waals surface area contributed by atoms with Crippen LogP contribution in [-0.4, -0.2) is 70.9 Å². The number of nitrogens with one attached hydrogen (secondary N) is 2. The number of aromatic nitrogens is 2. The summed E-state index contributed by atoms with van der Waals surface area (Å²) in [6.45, 7) is -4.91. The van der Waals surface area contributed by atoms with Crippen LogP contribution < -0.4 is 10.6 Å². The molecule has 0 aliphatic carbocycles. The summed E-state index contributed by atoms with van der Waals surface area (Å²) in [6.07, 6.45) is -11.6. The molecule has 2 N–H and O–H groups in total. The Morgan fingerprint density at radius 2 is 0.875 bits per heavy atom. The third kappa shape index (κ3) is 6.52. The van der Waals surface area contributed by atoms with Crippen molar-refractivity contribution in [1.29, 1.82) is 0 Å². The molecule has 20 heteroatoms. The van der Waals surface area contributed by atoms with Gasteiger partial charge < -0.3 is 10.6 Å². The zero-order valence-electron chi connectivity index (χ0n) is 18.9. The second kappa shape index (κ2) is 10.7. The highest BCUT2D eigenvalue weighted by atomic mass is 19.4. The number of nitrogens with zero attached hydrogens (tertiary/aromatic N) is 2. The van der Waals surface area contributed by atoms with Gasteiger partial charge in [-0.1, -0.05) is 0 Å². The van der Waals surface area contributed by atoms with E-state index < -0.39 is 72.3 Å². The van der Waals surface area contributed by atoms with E-state index in [0.717, 1.165) is 47.3 Å². The van der Waals surface area contributed by atoms with Gasteiger partial charge in [0, 0.05) is 12.4 Å². The Bertz CT molecular complexity index is 1150. The Morgan fingerprint density at radius 1 is 0.575 bits per heavy atom. The van der Waals surface area contributed by atoms with Gasteiger partial charge in [0.05, 0.1) is 13.1 Å². The standard InChI is InChI=1S/C20H12F14N4O2/c21-15(22,17(25,26)19(29,30)31)7-37-13(39)11-5-9(1-3-35-11)10-2-4-36-12(6-10)14(40)38-8-16(23,24)18(27,28)20(32,33)34/h1-6H,7-8H2,(H,37,39)(H,38,40). The summed E-state index contributed by atoms with van der Waals surface area (Å²) in [5.74, 6) is -27.8. The maximum absolute atomic E-state index is 13.4. The van der Waals surface area contributed by atoms with Crippen LogP contribution in [0.2, 0.25) is 0 Å². The van der Waals surface area contributed by atoms with E-state index >= 15 is 0 Å². The lowest BCUT2D eigenvalue weighted by molar-refractivity contribution is -0.352. The minimum Gasteiger partial charge on any atom is -0.344 e. The van der Waals surface area contributed by atoms with Crippen LogP contribution in [0.15, 0.2) is 36.7 Å². The van der Waals surface area contributed by atoms with Crippen LogP contribution in [0.1, 0.15) is 21.0 Å². The fraction of sp³-hybridized carbons (Fsp3) is 0.400. The predicted molar refractivity (Wildman–Crippen MR) is 104 cm³/mol. The van der Waals surface area contributed by atoms with E-state index in [1.165, 1.54) is 0 Å². The van der Waals surface area contributed by atoms with Crippen molar-refractivity contribution in [3.05, 3.63) is 48.0 Å². The molecule has 2 heterocycles. The van der Waals surface area contributed by atoms with Crippen LogP contribution in [0.4, 0.5) is 61.5 Å². The van der Waals surface area contributed by atoms with Gasteiger partial charge in [-0.25, -0.2) is 0 Å². The highest BCUT2D eigenvalue weighted by Gasteiger charge is 2.73. The number of hydrogen-bond donors (Lipinski definition) is 2. The molecule has 0 saturated carbocycles. The van der Waals surface area contributed by atoms with Gasteiger partial charge in [0.15, 0.2) is 0 Å². The lowest BCUT2D eigenvalue weighted by Gasteiger charge is -2.28. The summed E-state index contributed by atoms with van der Waals surface area (Å²) in [4.78, 5) is 30.9. The van der Waals surface area contributed by atoms with Crippen molar-refractivity contribution in [2.24, 2.45) is 0 Å². The SMILES string of the molecule is O=C(NCC(F)(F)C(F)(F)C(F)(F)F)c1cc(-c2ccnc(C(=O)NCC(F)(F)C(F)(F)C(F)(F)F)c2)ccn1.